The minimum atomic E-state index is -5.12. The van der Waals surface area contributed by atoms with Crippen LogP contribution < -0.4 is 4.90 Å². The maximum atomic E-state index is 11.7. The maximum absolute atomic E-state index is 11.7. The van der Waals surface area contributed by atoms with Crippen LogP contribution in [0.2, 0.25) is 0 Å². The fourth-order valence-electron chi connectivity index (χ4n) is 2.09. The van der Waals surface area contributed by atoms with E-state index in [4.69, 9.17) is 0 Å². The van der Waals surface area contributed by atoms with Crippen LogP contribution in [0.1, 0.15) is 0 Å². The number of hydrogen-bond acceptors (Lipinski definition) is 3. The van der Waals surface area contributed by atoms with Crippen molar-refractivity contribution in [3.05, 3.63) is 60.7 Å². The van der Waals surface area contributed by atoms with Gasteiger partial charge in [-0.2, -0.15) is 0 Å². The molecule has 2 aromatic rings. The number of benzene rings is 2. The number of hydrogen-bond donors (Lipinski definition) is 4. The highest BCUT2D eigenvalue weighted by atomic mass is 31.2. The zero-order chi connectivity index (χ0) is 16.4. The number of rotatable bonds is 5. The molecule has 0 heterocycles. The molecule has 4 N–H and O–H groups in total. The first kappa shape index (κ1) is 16.9. The second kappa shape index (κ2) is 6.34. The van der Waals surface area contributed by atoms with E-state index in [0.717, 1.165) is 4.90 Å². The molecule has 2 rings (SSSR count). The van der Waals surface area contributed by atoms with Crippen molar-refractivity contribution >= 4 is 26.6 Å². The summed E-state index contributed by atoms with van der Waals surface area (Å²) in [5, 5.41) is 0. The quantitative estimate of drug-likeness (QED) is 0.616. The lowest BCUT2D eigenvalue weighted by atomic mass is 10.2. The monoisotopic (exact) mass is 343 g/mol. The highest BCUT2D eigenvalue weighted by Crippen LogP contribution is 2.63. The second-order valence-electron chi connectivity index (χ2n) is 4.57. The van der Waals surface area contributed by atoms with Crippen molar-refractivity contribution in [2.75, 3.05) is 4.90 Å². The molecule has 0 aromatic heterocycles. The van der Waals surface area contributed by atoms with Gasteiger partial charge >= 0.3 is 15.2 Å². The van der Waals surface area contributed by atoms with E-state index in [1.807, 2.05) is 0 Å². The highest BCUT2D eigenvalue weighted by Gasteiger charge is 2.48. The van der Waals surface area contributed by atoms with Gasteiger partial charge in [0, 0.05) is 11.4 Å². The molecule has 7 nitrogen and oxygen atoms in total. The van der Waals surface area contributed by atoms with Gasteiger partial charge in [0.05, 0.1) is 0 Å². The highest BCUT2D eigenvalue weighted by molar-refractivity contribution is 7.71. The van der Waals surface area contributed by atoms with Crippen LogP contribution in [0.15, 0.2) is 60.7 Å². The SMILES string of the molecule is O=P(O)(O)C(N(c1ccccc1)c1ccccc1)P(=O)(O)O. The minimum absolute atomic E-state index is 0.269. The van der Waals surface area contributed by atoms with E-state index >= 15 is 0 Å². The lowest BCUT2D eigenvalue weighted by molar-refractivity contribution is 0.339. The maximum Gasteiger partial charge on any atom is 0.360 e. The smallest absolute Gasteiger partial charge is 0.323 e. The molecule has 0 saturated heterocycles. The van der Waals surface area contributed by atoms with Crippen LogP contribution in [0, 0.1) is 0 Å². The topological polar surface area (TPSA) is 118 Å². The van der Waals surface area contributed by atoms with E-state index in [1.165, 1.54) is 24.3 Å². The molecule has 0 aliphatic heterocycles. The Balaban J connectivity index is 2.67. The van der Waals surface area contributed by atoms with Crippen LogP contribution in [0.5, 0.6) is 0 Å². The summed E-state index contributed by atoms with van der Waals surface area (Å²) in [5.74, 6) is 0. The fourth-order valence-corrected chi connectivity index (χ4v) is 4.79. The first-order valence-electron chi connectivity index (χ1n) is 6.21. The van der Waals surface area contributed by atoms with Crippen molar-refractivity contribution in [2.24, 2.45) is 0 Å². The van der Waals surface area contributed by atoms with Crippen LogP contribution in [0.25, 0.3) is 0 Å². The van der Waals surface area contributed by atoms with E-state index in [9.17, 15) is 28.7 Å². The summed E-state index contributed by atoms with van der Waals surface area (Å²) in [7, 11) is -10.2. The largest absolute Gasteiger partial charge is 0.360 e. The van der Waals surface area contributed by atoms with Gasteiger partial charge in [0.15, 0.2) is 0 Å². The van der Waals surface area contributed by atoms with Crippen molar-refractivity contribution in [3.8, 4) is 0 Å². The molecule has 0 aliphatic carbocycles. The molecule has 0 fully saturated rings. The van der Waals surface area contributed by atoms with Gasteiger partial charge in [-0.15, -0.1) is 0 Å². The average molecular weight is 343 g/mol. The third-order valence-electron chi connectivity index (χ3n) is 2.90. The van der Waals surface area contributed by atoms with Crippen LogP contribution in [0.4, 0.5) is 11.4 Å². The Morgan fingerprint density at radius 2 is 1.00 bits per heavy atom. The number of para-hydroxylation sites is 2. The van der Waals surface area contributed by atoms with E-state index in [2.05, 4.69) is 0 Å². The number of anilines is 2. The third-order valence-corrected chi connectivity index (χ3v) is 6.37. The lowest BCUT2D eigenvalue weighted by Gasteiger charge is -2.33. The summed E-state index contributed by atoms with van der Waals surface area (Å²) < 4.78 is 23.5. The Morgan fingerprint density at radius 1 is 0.682 bits per heavy atom. The molecule has 0 bridgehead atoms. The minimum Gasteiger partial charge on any atom is -0.323 e. The van der Waals surface area contributed by atoms with Gasteiger partial charge in [0.25, 0.3) is 0 Å². The van der Waals surface area contributed by atoms with Gasteiger partial charge in [0.2, 0.25) is 5.52 Å². The summed E-state index contributed by atoms with van der Waals surface area (Å²) in [6.07, 6.45) is 0. The molecular formula is C13H15NO6P2. The van der Waals surface area contributed by atoms with Gasteiger partial charge in [-0.25, -0.2) is 0 Å². The Kier molecular flexibility index (Phi) is 4.87. The molecule has 0 spiro atoms. The van der Waals surface area contributed by atoms with Gasteiger partial charge in [-0.3, -0.25) is 9.13 Å². The standard InChI is InChI=1S/C13H15NO6P2/c15-21(16,17)13(22(18,19)20)14(11-7-3-1-4-8-11)12-9-5-2-6-10-12/h1-10,13H,(H2,15,16,17)(H2,18,19,20). The second-order valence-corrected chi connectivity index (χ2v) is 8.31. The Labute approximate surface area is 127 Å². The van der Waals surface area contributed by atoms with Crippen molar-refractivity contribution in [1.29, 1.82) is 0 Å². The van der Waals surface area contributed by atoms with Crippen LogP contribution in [-0.2, 0) is 9.13 Å². The van der Waals surface area contributed by atoms with Gasteiger partial charge in [-0.05, 0) is 24.3 Å². The Hall–Kier alpha value is -1.46. The van der Waals surface area contributed by atoms with Crippen molar-refractivity contribution in [3.63, 3.8) is 0 Å². The predicted molar refractivity (Wildman–Crippen MR) is 82.9 cm³/mol. The van der Waals surface area contributed by atoms with Crippen molar-refractivity contribution in [1.82, 2.24) is 0 Å². The molecule has 0 amide bonds. The third kappa shape index (κ3) is 3.84. The van der Waals surface area contributed by atoms with E-state index < -0.39 is 20.7 Å². The summed E-state index contributed by atoms with van der Waals surface area (Å²) in [4.78, 5) is 38.9. The zero-order valence-electron chi connectivity index (χ0n) is 11.3. The molecule has 2 aromatic carbocycles. The predicted octanol–water partition coefficient (Wildman–Crippen LogP) is 2.46. The molecule has 0 radical (unpaired) electrons. The molecule has 0 atom stereocenters. The summed E-state index contributed by atoms with van der Waals surface area (Å²) >= 11 is 0. The fraction of sp³-hybridized carbons (Fsp3) is 0.0769. The lowest BCUT2D eigenvalue weighted by Crippen LogP contribution is -2.31. The first-order chi connectivity index (χ1) is 10.2. The Morgan fingerprint density at radius 3 is 1.27 bits per heavy atom. The molecule has 0 saturated carbocycles. The van der Waals surface area contributed by atoms with Gasteiger partial charge in [0.1, 0.15) is 0 Å². The van der Waals surface area contributed by atoms with E-state index in [-0.39, 0.29) is 11.4 Å². The van der Waals surface area contributed by atoms with Gasteiger partial charge < -0.3 is 24.5 Å². The first-order valence-corrected chi connectivity index (χ1v) is 9.57. The molecule has 118 valence electrons. The molecule has 22 heavy (non-hydrogen) atoms. The van der Waals surface area contributed by atoms with Gasteiger partial charge in [-0.1, -0.05) is 36.4 Å². The van der Waals surface area contributed by atoms with E-state index in [0.29, 0.717) is 0 Å². The van der Waals surface area contributed by atoms with Crippen LogP contribution in [0.3, 0.4) is 0 Å². The van der Waals surface area contributed by atoms with Crippen LogP contribution >= 0.6 is 15.2 Å². The van der Waals surface area contributed by atoms with Crippen molar-refractivity contribution < 1.29 is 28.7 Å². The molecule has 0 aliphatic rings. The summed E-state index contributed by atoms with van der Waals surface area (Å²) in [6.45, 7) is 0. The summed E-state index contributed by atoms with van der Waals surface area (Å²) in [6, 6.07) is 15.9. The van der Waals surface area contributed by atoms with Crippen LogP contribution in [-0.4, -0.2) is 25.1 Å². The Bertz CT molecular complexity index is 650. The molecular weight excluding hydrogens is 328 g/mol. The van der Waals surface area contributed by atoms with Crippen molar-refractivity contribution in [2.45, 2.75) is 5.52 Å². The molecule has 9 heteroatoms. The normalized spacial score (nSPS) is 12.4. The molecule has 0 unspecified atom stereocenters. The zero-order valence-corrected chi connectivity index (χ0v) is 13.1. The number of nitrogens with zero attached hydrogens (tertiary/aromatic N) is 1. The van der Waals surface area contributed by atoms with E-state index in [1.54, 1.807) is 36.4 Å². The summed E-state index contributed by atoms with van der Waals surface area (Å²) in [5.41, 5.74) is -1.75. The average Bonchev–Trinajstić information content (AvgIpc) is 2.44.